The molecule has 0 aromatic heterocycles. The van der Waals surface area contributed by atoms with Gasteiger partial charge in [0.2, 0.25) is 10.0 Å². The summed E-state index contributed by atoms with van der Waals surface area (Å²) >= 11 is 6.08. The smallest absolute Gasteiger partial charge is 0.262 e. The minimum absolute atomic E-state index is 0.0279. The molecule has 2 aromatic rings. The highest BCUT2D eigenvalue weighted by Crippen LogP contribution is 2.35. The van der Waals surface area contributed by atoms with Crippen molar-refractivity contribution in [3.63, 3.8) is 0 Å². The molecule has 1 aliphatic rings. The number of ether oxygens (including phenoxy) is 1. The summed E-state index contributed by atoms with van der Waals surface area (Å²) in [5, 5.41) is 2.61. The van der Waals surface area contributed by atoms with Crippen LogP contribution in [0.3, 0.4) is 0 Å². The second-order valence-electron chi connectivity index (χ2n) is 5.60. The predicted molar refractivity (Wildman–Crippen MR) is 95.5 cm³/mol. The zero-order chi connectivity index (χ0) is 17.9. The summed E-state index contributed by atoms with van der Waals surface area (Å²) in [5.41, 5.74) is 1.52. The first-order valence-electron chi connectivity index (χ1n) is 7.75. The number of halogens is 1. The topological polar surface area (TPSA) is 84.5 Å². The average molecular weight is 381 g/mol. The quantitative estimate of drug-likeness (QED) is 0.754. The van der Waals surface area contributed by atoms with Gasteiger partial charge in [0.25, 0.3) is 5.91 Å². The molecular formula is C17H17ClN2O4S. The molecule has 0 aliphatic carbocycles. The van der Waals surface area contributed by atoms with Gasteiger partial charge in [0.15, 0.2) is 6.61 Å². The van der Waals surface area contributed by atoms with E-state index in [4.69, 9.17) is 16.3 Å². The highest BCUT2D eigenvalue weighted by molar-refractivity contribution is 7.89. The lowest BCUT2D eigenvalue weighted by atomic mass is 10.1. The number of hydrogen-bond acceptors (Lipinski definition) is 4. The first-order valence-corrected chi connectivity index (χ1v) is 9.61. The Kier molecular flexibility index (Phi) is 5.27. The Morgan fingerprint density at radius 1 is 1.20 bits per heavy atom. The van der Waals surface area contributed by atoms with Gasteiger partial charge in [-0.3, -0.25) is 4.79 Å². The van der Waals surface area contributed by atoms with Gasteiger partial charge in [-0.15, -0.1) is 0 Å². The molecule has 0 bridgehead atoms. The maximum atomic E-state index is 12.5. The van der Waals surface area contributed by atoms with Crippen LogP contribution in [0.1, 0.15) is 12.0 Å². The normalized spacial score (nSPS) is 13.7. The van der Waals surface area contributed by atoms with Gasteiger partial charge >= 0.3 is 0 Å². The van der Waals surface area contributed by atoms with Crippen LogP contribution >= 0.6 is 11.6 Å². The van der Waals surface area contributed by atoms with Gasteiger partial charge in [-0.2, -0.15) is 0 Å². The first kappa shape index (κ1) is 17.7. The molecule has 3 rings (SSSR count). The van der Waals surface area contributed by atoms with E-state index in [-0.39, 0.29) is 28.2 Å². The van der Waals surface area contributed by atoms with Crippen molar-refractivity contribution in [3.05, 3.63) is 53.1 Å². The SMILES string of the molecule is O=C1COc2cc(S(=O)(=O)NCCCc3ccccc3)c(Cl)cc2N1. The van der Waals surface area contributed by atoms with E-state index >= 15 is 0 Å². The number of anilines is 1. The minimum atomic E-state index is -3.77. The Bertz CT molecular complexity index is 885. The highest BCUT2D eigenvalue weighted by Gasteiger charge is 2.24. The second kappa shape index (κ2) is 7.43. The number of fused-ring (bicyclic) bond motifs is 1. The Balaban J connectivity index is 1.67. The van der Waals surface area contributed by atoms with E-state index in [0.29, 0.717) is 18.7 Å². The van der Waals surface area contributed by atoms with Gasteiger partial charge in [0.05, 0.1) is 10.7 Å². The number of hydrogen-bond donors (Lipinski definition) is 2. The standard InChI is InChI=1S/C17H17ClN2O4S/c18-13-9-14-15(24-11-17(21)20-14)10-16(13)25(22,23)19-8-4-7-12-5-2-1-3-6-12/h1-3,5-6,9-10,19H,4,7-8,11H2,(H,20,21). The molecule has 2 aromatic carbocycles. The fourth-order valence-electron chi connectivity index (χ4n) is 2.51. The van der Waals surface area contributed by atoms with Crippen LogP contribution in [0.2, 0.25) is 5.02 Å². The average Bonchev–Trinajstić information content (AvgIpc) is 2.59. The van der Waals surface area contributed by atoms with Crippen molar-refractivity contribution in [3.8, 4) is 5.75 Å². The number of sulfonamides is 1. The molecule has 1 aliphatic heterocycles. The van der Waals surface area contributed by atoms with E-state index in [0.717, 1.165) is 12.0 Å². The van der Waals surface area contributed by atoms with Gasteiger partial charge < -0.3 is 10.1 Å². The van der Waals surface area contributed by atoms with Gasteiger partial charge in [-0.25, -0.2) is 13.1 Å². The maximum Gasteiger partial charge on any atom is 0.262 e. The van der Waals surface area contributed by atoms with E-state index in [1.54, 1.807) is 0 Å². The molecule has 0 atom stereocenters. The van der Waals surface area contributed by atoms with E-state index < -0.39 is 10.0 Å². The minimum Gasteiger partial charge on any atom is -0.482 e. The van der Waals surface area contributed by atoms with Gasteiger partial charge in [0.1, 0.15) is 10.6 Å². The molecular weight excluding hydrogens is 364 g/mol. The molecule has 132 valence electrons. The van der Waals surface area contributed by atoms with Crippen LogP contribution in [0.15, 0.2) is 47.4 Å². The summed E-state index contributed by atoms with van der Waals surface area (Å²) < 4.78 is 32.7. The maximum absolute atomic E-state index is 12.5. The molecule has 0 spiro atoms. The molecule has 8 heteroatoms. The van der Waals surface area contributed by atoms with Crippen LogP contribution in [-0.2, 0) is 21.2 Å². The van der Waals surface area contributed by atoms with Crippen LogP contribution in [0.25, 0.3) is 0 Å². The Morgan fingerprint density at radius 2 is 1.96 bits per heavy atom. The summed E-state index contributed by atoms with van der Waals surface area (Å²) in [7, 11) is -3.77. The lowest BCUT2D eigenvalue weighted by molar-refractivity contribution is -0.118. The van der Waals surface area contributed by atoms with Crippen molar-refractivity contribution >= 4 is 33.2 Å². The van der Waals surface area contributed by atoms with E-state index in [1.165, 1.54) is 12.1 Å². The first-order chi connectivity index (χ1) is 12.0. The van der Waals surface area contributed by atoms with E-state index in [2.05, 4.69) is 10.0 Å². The number of aryl methyl sites for hydroxylation is 1. The second-order valence-corrected chi connectivity index (χ2v) is 7.75. The van der Waals surface area contributed by atoms with Gasteiger partial charge in [-0.05, 0) is 24.5 Å². The number of benzene rings is 2. The zero-order valence-corrected chi connectivity index (χ0v) is 14.9. The molecule has 0 radical (unpaired) electrons. The van der Waals surface area contributed by atoms with Crippen molar-refractivity contribution in [2.24, 2.45) is 0 Å². The Hall–Kier alpha value is -2.09. The third-order valence-electron chi connectivity index (χ3n) is 3.73. The summed E-state index contributed by atoms with van der Waals surface area (Å²) in [4.78, 5) is 11.2. The monoisotopic (exact) mass is 380 g/mol. The summed E-state index contributed by atoms with van der Waals surface area (Å²) in [6, 6.07) is 12.6. The van der Waals surface area contributed by atoms with Crippen molar-refractivity contribution in [2.75, 3.05) is 18.5 Å². The number of carbonyl (C=O) groups excluding carboxylic acids is 1. The van der Waals surface area contributed by atoms with Crippen LogP contribution in [0.5, 0.6) is 5.75 Å². The lowest BCUT2D eigenvalue weighted by Gasteiger charge is -2.19. The molecule has 25 heavy (non-hydrogen) atoms. The van der Waals surface area contributed by atoms with Crippen molar-refractivity contribution in [1.29, 1.82) is 0 Å². The molecule has 1 heterocycles. The van der Waals surface area contributed by atoms with E-state index in [1.807, 2.05) is 30.3 Å². The molecule has 6 nitrogen and oxygen atoms in total. The highest BCUT2D eigenvalue weighted by atomic mass is 35.5. The molecule has 2 N–H and O–H groups in total. The van der Waals surface area contributed by atoms with Crippen LogP contribution in [0.4, 0.5) is 5.69 Å². The molecule has 0 fully saturated rings. The number of nitrogens with one attached hydrogen (secondary N) is 2. The van der Waals surface area contributed by atoms with Crippen molar-refractivity contribution < 1.29 is 17.9 Å². The van der Waals surface area contributed by atoms with E-state index in [9.17, 15) is 13.2 Å². The Labute approximate surface area is 151 Å². The predicted octanol–water partition coefficient (Wildman–Crippen LogP) is 2.58. The molecule has 0 saturated carbocycles. The molecule has 1 amide bonds. The third-order valence-corrected chi connectivity index (χ3v) is 5.66. The van der Waals surface area contributed by atoms with Crippen LogP contribution in [0, 0.1) is 0 Å². The summed E-state index contributed by atoms with van der Waals surface area (Å²) in [6.07, 6.45) is 1.44. The van der Waals surface area contributed by atoms with Crippen molar-refractivity contribution in [1.82, 2.24) is 4.72 Å². The fourth-order valence-corrected chi connectivity index (χ4v) is 4.12. The summed E-state index contributed by atoms with van der Waals surface area (Å²) in [6.45, 7) is 0.140. The van der Waals surface area contributed by atoms with Crippen LogP contribution < -0.4 is 14.8 Å². The number of amides is 1. The molecule has 0 saturated heterocycles. The Morgan fingerprint density at radius 3 is 2.72 bits per heavy atom. The third kappa shape index (κ3) is 4.31. The number of rotatable bonds is 6. The van der Waals surface area contributed by atoms with Crippen LogP contribution in [-0.4, -0.2) is 27.5 Å². The fraction of sp³-hybridized carbons (Fsp3) is 0.235. The zero-order valence-electron chi connectivity index (χ0n) is 13.3. The van der Waals surface area contributed by atoms with Crippen molar-refractivity contribution in [2.45, 2.75) is 17.7 Å². The molecule has 0 unspecified atom stereocenters. The number of carbonyl (C=O) groups is 1. The summed E-state index contributed by atoms with van der Waals surface area (Å²) in [5.74, 6) is -0.0214. The largest absolute Gasteiger partial charge is 0.482 e. The lowest BCUT2D eigenvalue weighted by Crippen LogP contribution is -2.27. The van der Waals surface area contributed by atoms with Gasteiger partial charge in [0, 0.05) is 12.6 Å². The van der Waals surface area contributed by atoms with Gasteiger partial charge in [-0.1, -0.05) is 41.9 Å².